The smallest absolute Gasteiger partial charge is 0.212 e. The molecule has 0 aromatic carbocycles. The van der Waals surface area contributed by atoms with E-state index in [1.807, 2.05) is 18.4 Å². The lowest BCUT2D eigenvalue weighted by molar-refractivity contribution is 0.584. The third-order valence-corrected chi connectivity index (χ3v) is 3.53. The van der Waals surface area contributed by atoms with Crippen LogP contribution in [0.2, 0.25) is 0 Å². The molecule has 3 rings (SSSR count). The van der Waals surface area contributed by atoms with E-state index in [1.54, 1.807) is 29.8 Å². The lowest BCUT2D eigenvalue weighted by Gasteiger charge is -2.00. The summed E-state index contributed by atoms with van der Waals surface area (Å²) < 4.78 is 12.8. The summed E-state index contributed by atoms with van der Waals surface area (Å²) in [7, 11) is 0. The number of pyridine rings is 2. The molecular weight excluding hydrogens is 284 g/mol. The zero-order valence-corrected chi connectivity index (χ0v) is 12.0. The molecule has 0 spiro atoms. The van der Waals surface area contributed by atoms with Crippen LogP contribution in [0.4, 0.5) is 4.39 Å². The number of hydrogen-bond donors (Lipinski definition) is 0. The van der Waals surface area contributed by atoms with Crippen LogP contribution in [0.1, 0.15) is 16.3 Å². The summed E-state index contributed by atoms with van der Waals surface area (Å²) in [5.41, 5.74) is 3.19. The zero-order valence-electron chi connectivity index (χ0n) is 11.2. The fourth-order valence-corrected chi connectivity index (χ4v) is 2.31. The van der Waals surface area contributed by atoms with Gasteiger partial charge < -0.3 is 0 Å². The number of aromatic nitrogens is 3. The van der Waals surface area contributed by atoms with Crippen LogP contribution >= 0.6 is 11.3 Å². The maximum absolute atomic E-state index is 12.8. The third-order valence-electron chi connectivity index (χ3n) is 2.75. The van der Waals surface area contributed by atoms with Gasteiger partial charge in [-0.2, -0.15) is 4.39 Å². The molecule has 0 saturated carbocycles. The van der Waals surface area contributed by atoms with Crippen molar-refractivity contribution in [2.45, 2.75) is 6.92 Å². The average Bonchev–Trinajstić information content (AvgIpc) is 2.92. The Hall–Kier alpha value is -2.58. The lowest BCUT2D eigenvalue weighted by Crippen LogP contribution is -1.86. The average molecular weight is 294 g/mol. The number of aryl methyl sites for hydroxylation is 1. The minimum absolute atomic E-state index is 0.499. The van der Waals surface area contributed by atoms with Crippen LogP contribution in [0.5, 0.6) is 0 Å². The Bertz CT molecular complexity index is 828. The summed E-state index contributed by atoms with van der Waals surface area (Å²) in [5.74, 6) is 5.54. The molecule has 3 nitrogen and oxygen atoms in total. The van der Waals surface area contributed by atoms with Crippen molar-refractivity contribution in [1.82, 2.24) is 15.0 Å². The van der Waals surface area contributed by atoms with E-state index >= 15 is 0 Å². The van der Waals surface area contributed by atoms with E-state index in [-0.39, 0.29) is 0 Å². The second kappa shape index (κ2) is 5.81. The topological polar surface area (TPSA) is 38.7 Å². The second-order valence-corrected chi connectivity index (χ2v) is 5.40. The molecule has 0 unspecified atom stereocenters. The van der Waals surface area contributed by atoms with E-state index in [1.165, 1.54) is 12.3 Å². The summed E-state index contributed by atoms with van der Waals surface area (Å²) in [6, 6.07) is 4.89. The van der Waals surface area contributed by atoms with Gasteiger partial charge in [-0.05, 0) is 31.0 Å². The van der Waals surface area contributed by atoms with Gasteiger partial charge in [0.15, 0.2) is 0 Å². The van der Waals surface area contributed by atoms with E-state index in [0.29, 0.717) is 0 Å². The molecule has 102 valence electrons. The molecule has 0 aliphatic heterocycles. The van der Waals surface area contributed by atoms with Crippen molar-refractivity contribution in [3.63, 3.8) is 0 Å². The predicted molar refractivity (Wildman–Crippen MR) is 80.3 cm³/mol. The Morgan fingerprint density at radius 2 is 2.00 bits per heavy atom. The van der Waals surface area contributed by atoms with Crippen LogP contribution in [0.15, 0.2) is 42.2 Å². The Morgan fingerprint density at radius 1 is 1.10 bits per heavy atom. The van der Waals surface area contributed by atoms with Crippen molar-refractivity contribution in [2.24, 2.45) is 0 Å². The van der Waals surface area contributed by atoms with Crippen LogP contribution < -0.4 is 0 Å². The molecule has 3 aromatic heterocycles. The maximum Gasteiger partial charge on any atom is 0.212 e. The minimum atomic E-state index is -0.499. The molecule has 0 fully saturated rings. The zero-order chi connectivity index (χ0) is 14.7. The summed E-state index contributed by atoms with van der Waals surface area (Å²) in [6.07, 6.45) is 4.87. The monoisotopic (exact) mass is 294 g/mol. The number of nitrogens with zero attached hydrogens (tertiary/aromatic N) is 3. The number of thiazole rings is 1. The molecular formula is C16H10FN3S. The first-order valence-electron chi connectivity index (χ1n) is 6.22. The molecule has 3 aromatic rings. The first-order chi connectivity index (χ1) is 10.2. The van der Waals surface area contributed by atoms with Gasteiger partial charge in [0.1, 0.15) is 5.69 Å². The van der Waals surface area contributed by atoms with E-state index < -0.39 is 5.95 Å². The fraction of sp³-hybridized carbons (Fsp3) is 0.0625. The van der Waals surface area contributed by atoms with Gasteiger partial charge in [-0.1, -0.05) is 5.92 Å². The molecule has 0 bridgehead atoms. The molecule has 0 atom stereocenters. The number of halogens is 1. The normalized spacial score (nSPS) is 10.0. The minimum Gasteiger partial charge on any atom is -0.263 e. The van der Waals surface area contributed by atoms with Gasteiger partial charge in [-0.15, -0.1) is 11.3 Å². The van der Waals surface area contributed by atoms with E-state index in [2.05, 4.69) is 26.8 Å². The van der Waals surface area contributed by atoms with Gasteiger partial charge in [-0.25, -0.2) is 9.97 Å². The van der Waals surface area contributed by atoms with Gasteiger partial charge in [0, 0.05) is 40.7 Å². The lowest BCUT2D eigenvalue weighted by atomic mass is 10.1. The van der Waals surface area contributed by atoms with Crippen LogP contribution in [0.25, 0.3) is 11.1 Å². The van der Waals surface area contributed by atoms with Crippen molar-refractivity contribution in [3.8, 4) is 23.0 Å². The van der Waals surface area contributed by atoms with Crippen molar-refractivity contribution in [3.05, 3.63) is 64.4 Å². The van der Waals surface area contributed by atoms with Crippen LogP contribution in [-0.4, -0.2) is 15.0 Å². The van der Waals surface area contributed by atoms with Crippen molar-refractivity contribution in [1.29, 1.82) is 0 Å². The molecule has 21 heavy (non-hydrogen) atoms. The quantitative estimate of drug-likeness (QED) is 0.510. The van der Waals surface area contributed by atoms with Gasteiger partial charge in [0.25, 0.3) is 0 Å². The summed E-state index contributed by atoms with van der Waals surface area (Å²) in [4.78, 5) is 12.1. The van der Waals surface area contributed by atoms with Gasteiger partial charge in [0.05, 0.1) is 5.01 Å². The van der Waals surface area contributed by atoms with E-state index in [9.17, 15) is 4.39 Å². The Labute approximate surface area is 125 Å². The second-order valence-electron chi connectivity index (χ2n) is 4.33. The summed E-state index contributed by atoms with van der Waals surface area (Å²) in [5, 5.41) is 2.91. The summed E-state index contributed by atoms with van der Waals surface area (Å²) >= 11 is 1.57. The van der Waals surface area contributed by atoms with Crippen LogP contribution in [-0.2, 0) is 0 Å². The standard InChI is InChI=1S/C16H10FN3S/c1-11-20-15(10-21-11)4-2-12-6-14(8-18-7-12)13-3-5-16(17)19-9-13/h3,5-10H,1H3/i17-1. The molecule has 0 N–H and O–H groups in total. The van der Waals surface area contributed by atoms with Gasteiger partial charge in [0.2, 0.25) is 5.95 Å². The van der Waals surface area contributed by atoms with Crippen molar-refractivity contribution < 1.29 is 4.39 Å². The van der Waals surface area contributed by atoms with E-state index in [0.717, 1.165) is 27.4 Å². The van der Waals surface area contributed by atoms with Gasteiger partial charge >= 0.3 is 0 Å². The van der Waals surface area contributed by atoms with E-state index in [4.69, 9.17) is 0 Å². The molecule has 0 saturated heterocycles. The highest BCUT2D eigenvalue weighted by Crippen LogP contribution is 2.18. The first-order valence-corrected chi connectivity index (χ1v) is 7.10. The summed E-state index contributed by atoms with van der Waals surface area (Å²) in [6.45, 7) is 1.94. The molecule has 0 aliphatic rings. The molecule has 3 heterocycles. The first kappa shape index (κ1) is 13.4. The largest absolute Gasteiger partial charge is 0.263 e. The highest BCUT2D eigenvalue weighted by Gasteiger charge is 2.00. The predicted octanol–water partition coefficient (Wildman–Crippen LogP) is 3.45. The molecule has 0 amide bonds. The van der Waals surface area contributed by atoms with Gasteiger partial charge in [-0.3, -0.25) is 4.98 Å². The SMILES string of the molecule is Cc1nc(C#Cc2cncc(-c3ccc([18F])nc3)c2)cs1. The molecule has 0 radical (unpaired) electrons. The Kier molecular flexibility index (Phi) is 3.71. The van der Waals surface area contributed by atoms with Crippen molar-refractivity contribution in [2.75, 3.05) is 0 Å². The Morgan fingerprint density at radius 3 is 2.71 bits per heavy atom. The highest BCUT2D eigenvalue weighted by molar-refractivity contribution is 7.09. The Balaban J connectivity index is 1.90. The number of rotatable bonds is 1. The highest BCUT2D eigenvalue weighted by atomic mass is 32.1. The maximum atomic E-state index is 12.8. The third kappa shape index (κ3) is 3.30. The fourth-order valence-electron chi connectivity index (χ4n) is 1.77. The van der Waals surface area contributed by atoms with Crippen LogP contribution in [0, 0.1) is 24.7 Å². The van der Waals surface area contributed by atoms with Crippen molar-refractivity contribution >= 4 is 11.3 Å². The van der Waals surface area contributed by atoms with Crippen LogP contribution in [0.3, 0.4) is 0 Å². The number of hydrogen-bond acceptors (Lipinski definition) is 4. The molecule has 5 heteroatoms. The molecule has 0 aliphatic carbocycles.